The van der Waals surface area contributed by atoms with Gasteiger partial charge in [-0.05, 0) is 36.1 Å². The van der Waals surface area contributed by atoms with Gasteiger partial charge in [-0.1, -0.05) is 42.5 Å². The molecule has 3 aromatic carbocycles. The lowest BCUT2D eigenvalue weighted by atomic mass is 10.1. The van der Waals surface area contributed by atoms with Gasteiger partial charge in [0, 0.05) is 17.6 Å². The Morgan fingerprint density at radius 3 is 2.68 bits per heavy atom. The average Bonchev–Trinajstić information content (AvgIpc) is 2.56. The maximum Gasteiger partial charge on any atom is 0.161 e. The second-order valence-corrected chi connectivity index (χ2v) is 5.12. The van der Waals surface area contributed by atoms with E-state index in [9.17, 15) is 5.11 Å². The summed E-state index contributed by atoms with van der Waals surface area (Å²) in [5.74, 6) is 0.704. The highest BCUT2D eigenvalue weighted by molar-refractivity contribution is 5.93. The first-order valence-electron chi connectivity index (χ1n) is 7.44. The van der Waals surface area contributed by atoms with Crippen LogP contribution in [0.15, 0.2) is 60.7 Å². The van der Waals surface area contributed by atoms with E-state index in [-0.39, 0.29) is 5.75 Å². The zero-order valence-corrected chi connectivity index (χ0v) is 12.5. The Balaban J connectivity index is 1.81. The van der Waals surface area contributed by atoms with Crippen LogP contribution in [0.1, 0.15) is 12.5 Å². The molecule has 0 saturated heterocycles. The van der Waals surface area contributed by atoms with Crippen LogP contribution in [0.2, 0.25) is 0 Å². The van der Waals surface area contributed by atoms with Gasteiger partial charge in [-0.15, -0.1) is 0 Å². The Morgan fingerprint density at radius 1 is 1.00 bits per heavy atom. The molecular formula is C19H19NO2. The van der Waals surface area contributed by atoms with Crippen LogP contribution < -0.4 is 10.1 Å². The van der Waals surface area contributed by atoms with Crippen molar-refractivity contribution >= 4 is 16.5 Å². The van der Waals surface area contributed by atoms with Crippen molar-refractivity contribution < 1.29 is 9.84 Å². The summed E-state index contributed by atoms with van der Waals surface area (Å²) in [6.07, 6.45) is 0. The quantitative estimate of drug-likeness (QED) is 0.724. The largest absolute Gasteiger partial charge is 0.504 e. The molecule has 0 aliphatic rings. The summed E-state index contributed by atoms with van der Waals surface area (Å²) >= 11 is 0. The molecule has 0 bridgehead atoms. The third kappa shape index (κ3) is 2.98. The van der Waals surface area contributed by atoms with Crippen LogP contribution >= 0.6 is 0 Å². The Kier molecular flexibility index (Phi) is 4.15. The fraction of sp³-hybridized carbons (Fsp3) is 0.158. The molecule has 112 valence electrons. The van der Waals surface area contributed by atoms with Crippen molar-refractivity contribution in [1.29, 1.82) is 0 Å². The van der Waals surface area contributed by atoms with E-state index in [4.69, 9.17) is 4.74 Å². The number of hydrogen-bond acceptors (Lipinski definition) is 3. The van der Waals surface area contributed by atoms with Gasteiger partial charge in [-0.2, -0.15) is 0 Å². The monoisotopic (exact) mass is 293 g/mol. The molecule has 3 heteroatoms. The number of phenols is 1. The van der Waals surface area contributed by atoms with Crippen molar-refractivity contribution in [3.63, 3.8) is 0 Å². The predicted molar refractivity (Wildman–Crippen MR) is 90.6 cm³/mol. The molecule has 0 aromatic heterocycles. The van der Waals surface area contributed by atoms with Gasteiger partial charge >= 0.3 is 0 Å². The summed E-state index contributed by atoms with van der Waals surface area (Å²) in [5, 5.41) is 15.6. The Hall–Kier alpha value is -2.68. The zero-order chi connectivity index (χ0) is 15.4. The fourth-order valence-corrected chi connectivity index (χ4v) is 2.52. The van der Waals surface area contributed by atoms with Crippen molar-refractivity contribution in [2.45, 2.75) is 13.5 Å². The topological polar surface area (TPSA) is 41.5 Å². The molecule has 2 N–H and O–H groups in total. The molecule has 0 atom stereocenters. The smallest absolute Gasteiger partial charge is 0.161 e. The SMILES string of the molecule is CCOc1cc(CNc2cccc3ccccc23)ccc1O. The molecular weight excluding hydrogens is 274 g/mol. The predicted octanol–water partition coefficient (Wildman–Crippen LogP) is 4.56. The van der Waals surface area contributed by atoms with E-state index in [2.05, 4.69) is 29.6 Å². The van der Waals surface area contributed by atoms with Gasteiger partial charge in [0.15, 0.2) is 11.5 Å². The highest BCUT2D eigenvalue weighted by Gasteiger charge is 2.04. The van der Waals surface area contributed by atoms with E-state index in [1.54, 1.807) is 6.07 Å². The zero-order valence-electron chi connectivity index (χ0n) is 12.5. The second kappa shape index (κ2) is 6.39. The summed E-state index contributed by atoms with van der Waals surface area (Å²) < 4.78 is 5.42. The van der Waals surface area contributed by atoms with Gasteiger partial charge in [-0.3, -0.25) is 0 Å². The van der Waals surface area contributed by atoms with E-state index in [1.165, 1.54) is 10.8 Å². The molecule has 0 amide bonds. The van der Waals surface area contributed by atoms with Crippen molar-refractivity contribution in [1.82, 2.24) is 0 Å². The first-order chi connectivity index (χ1) is 10.8. The van der Waals surface area contributed by atoms with Crippen LogP contribution in [0, 0.1) is 0 Å². The summed E-state index contributed by atoms with van der Waals surface area (Å²) in [5.41, 5.74) is 2.17. The van der Waals surface area contributed by atoms with E-state index >= 15 is 0 Å². The van der Waals surface area contributed by atoms with Crippen molar-refractivity contribution in [2.24, 2.45) is 0 Å². The summed E-state index contributed by atoms with van der Waals surface area (Å²) in [6, 6.07) is 20.0. The van der Waals surface area contributed by atoms with Gasteiger partial charge in [0.25, 0.3) is 0 Å². The van der Waals surface area contributed by atoms with Gasteiger partial charge in [0.1, 0.15) is 0 Å². The molecule has 0 aliphatic heterocycles. The minimum Gasteiger partial charge on any atom is -0.504 e. The first-order valence-corrected chi connectivity index (χ1v) is 7.44. The van der Waals surface area contributed by atoms with Gasteiger partial charge in [0.2, 0.25) is 0 Å². The van der Waals surface area contributed by atoms with Crippen molar-refractivity contribution in [3.8, 4) is 11.5 Å². The molecule has 3 aromatic rings. The van der Waals surface area contributed by atoms with Crippen LogP contribution in [0.4, 0.5) is 5.69 Å². The van der Waals surface area contributed by atoms with E-state index in [0.29, 0.717) is 18.9 Å². The number of fused-ring (bicyclic) bond motifs is 1. The standard InChI is InChI=1S/C19H19NO2/c1-2-22-19-12-14(10-11-18(19)21)13-20-17-9-5-7-15-6-3-4-8-16(15)17/h3-12,20-21H,2,13H2,1H3. The minimum absolute atomic E-state index is 0.177. The number of phenolic OH excluding ortho intramolecular Hbond substituents is 1. The fourth-order valence-electron chi connectivity index (χ4n) is 2.52. The molecule has 3 rings (SSSR count). The Labute approximate surface area is 130 Å². The summed E-state index contributed by atoms with van der Waals surface area (Å²) in [6.45, 7) is 3.11. The average molecular weight is 293 g/mol. The van der Waals surface area contributed by atoms with Crippen LogP contribution in [-0.2, 0) is 6.54 Å². The van der Waals surface area contributed by atoms with Gasteiger partial charge < -0.3 is 15.2 Å². The highest BCUT2D eigenvalue weighted by atomic mass is 16.5. The number of nitrogens with one attached hydrogen (secondary N) is 1. The molecule has 0 unspecified atom stereocenters. The van der Waals surface area contributed by atoms with E-state index in [0.717, 1.165) is 11.3 Å². The maximum absolute atomic E-state index is 9.75. The molecule has 3 nitrogen and oxygen atoms in total. The highest BCUT2D eigenvalue weighted by Crippen LogP contribution is 2.28. The van der Waals surface area contributed by atoms with Crippen LogP contribution in [0.3, 0.4) is 0 Å². The molecule has 0 radical (unpaired) electrons. The number of anilines is 1. The molecule has 0 fully saturated rings. The molecule has 22 heavy (non-hydrogen) atoms. The first kappa shape index (κ1) is 14.3. The second-order valence-electron chi connectivity index (χ2n) is 5.12. The van der Waals surface area contributed by atoms with Gasteiger partial charge in [-0.25, -0.2) is 0 Å². The van der Waals surface area contributed by atoms with Crippen LogP contribution in [-0.4, -0.2) is 11.7 Å². The number of rotatable bonds is 5. The number of benzene rings is 3. The molecule has 0 heterocycles. The lowest BCUT2D eigenvalue weighted by Gasteiger charge is -2.12. The molecule has 0 saturated carbocycles. The number of aromatic hydroxyl groups is 1. The van der Waals surface area contributed by atoms with Crippen LogP contribution in [0.5, 0.6) is 11.5 Å². The van der Waals surface area contributed by atoms with Crippen LogP contribution in [0.25, 0.3) is 10.8 Å². The van der Waals surface area contributed by atoms with Gasteiger partial charge in [0.05, 0.1) is 6.61 Å². The van der Waals surface area contributed by atoms with Crippen molar-refractivity contribution in [2.75, 3.05) is 11.9 Å². The number of ether oxygens (including phenoxy) is 1. The Bertz CT molecular complexity index is 778. The summed E-state index contributed by atoms with van der Waals surface area (Å²) in [7, 11) is 0. The van der Waals surface area contributed by atoms with E-state index in [1.807, 2.05) is 37.3 Å². The summed E-state index contributed by atoms with van der Waals surface area (Å²) in [4.78, 5) is 0. The third-order valence-electron chi connectivity index (χ3n) is 3.60. The molecule has 0 spiro atoms. The van der Waals surface area contributed by atoms with Crippen molar-refractivity contribution in [3.05, 3.63) is 66.2 Å². The molecule has 0 aliphatic carbocycles. The number of hydrogen-bond donors (Lipinski definition) is 2. The normalized spacial score (nSPS) is 10.6. The van der Waals surface area contributed by atoms with E-state index < -0.39 is 0 Å². The lowest BCUT2D eigenvalue weighted by Crippen LogP contribution is -2.01. The lowest BCUT2D eigenvalue weighted by molar-refractivity contribution is 0.318. The minimum atomic E-state index is 0.177. The third-order valence-corrected chi connectivity index (χ3v) is 3.60. The maximum atomic E-state index is 9.75. The Morgan fingerprint density at radius 2 is 1.82 bits per heavy atom.